The van der Waals surface area contributed by atoms with Crippen LogP contribution in [0.1, 0.15) is 41.2 Å². The lowest BCUT2D eigenvalue weighted by molar-refractivity contribution is 0.241. The molecular weight excluding hydrogens is 371 g/mol. The van der Waals surface area contributed by atoms with Gasteiger partial charge >= 0.3 is 0 Å². The molecule has 3 aromatic rings. The maximum atomic E-state index is 14.4. The van der Waals surface area contributed by atoms with Gasteiger partial charge in [-0.25, -0.2) is 9.37 Å². The van der Waals surface area contributed by atoms with E-state index in [1.165, 1.54) is 37.3 Å². The van der Waals surface area contributed by atoms with Crippen molar-refractivity contribution in [2.24, 2.45) is 7.05 Å². The Morgan fingerprint density at radius 1 is 1.24 bits per heavy atom. The Labute approximate surface area is 170 Å². The van der Waals surface area contributed by atoms with Crippen molar-refractivity contribution in [2.75, 3.05) is 7.11 Å². The Balaban J connectivity index is 1.58. The average Bonchev–Trinajstić information content (AvgIpc) is 3.43. The van der Waals surface area contributed by atoms with Crippen LogP contribution in [-0.4, -0.2) is 32.8 Å². The summed E-state index contributed by atoms with van der Waals surface area (Å²) in [6.45, 7) is 7.55. The molecule has 1 fully saturated rings. The lowest BCUT2D eigenvalue weighted by Gasteiger charge is -2.21. The summed E-state index contributed by atoms with van der Waals surface area (Å²) in [5.74, 6) is 1.09. The van der Waals surface area contributed by atoms with Crippen LogP contribution in [-0.2, 0) is 20.1 Å². The van der Waals surface area contributed by atoms with Gasteiger partial charge in [-0.15, -0.1) is 0 Å². The van der Waals surface area contributed by atoms with Crippen LogP contribution in [0, 0.1) is 26.6 Å². The van der Waals surface area contributed by atoms with Gasteiger partial charge in [-0.3, -0.25) is 9.58 Å². The fourth-order valence-corrected chi connectivity index (χ4v) is 3.68. The topological polar surface area (TPSA) is 56.3 Å². The Hall–Kier alpha value is -2.67. The summed E-state index contributed by atoms with van der Waals surface area (Å²) in [7, 11) is 3.49. The average molecular weight is 398 g/mol. The van der Waals surface area contributed by atoms with E-state index in [1.807, 2.05) is 18.7 Å². The highest BCUT2D eigenvalue weighted by molar-refractivity contribution is 5.56. The van der Waals surface area contributed by atoms with Crippen LogP contribution in [0.4, 0.5) is 4.39 Å². The molecule has 4 rings (SSSR count). The quantitative estimate of drug-likeness (QED) is 0.593. The first kappa shape index (κ1) is 19.6. The van der Waals surface area contributed by atoms with E-state index in [-0.39, 0.29) is 0 Å². The summed E-state index contributed by atoms with van der Waals surface area (Å²) in [6.07, 6.45) is 2.38. The molecule has 7 heteroatoms. The minimum absolute atomic E-state index is 0.308. The SMILES string of the molecule is COc1ccc(-c2nc(CN(Cc3c(C)nn(C)c3C)C3CC3)c(C)o2)c(F)c1. The van der Waals surface area contributed by atoms with Crippen LogP contribution in [0.15, 0.2) is 22.6 Å². The number of hydrogen-bond acceptors (Lipinski definition) is 5. The second-order valence-electron chi connectivity index (χ2n) is 7.78. The van der Waals surface area contributed by atoms with Crippen molar-refractivity contribution in [1.29, 1.82) is 0 Å². The van der Waals surface area contributed by atoms with Crippen molar-refractivity contribution in [3.63, 3.8) is 0 Å². The van der Waals surface area contributed by atoms with Gasteiger partial charge in [0.15, 0.2) is 0 Å². The van der Waals surface area contributed by atoms with Crippen LogP contribution in [0.3, 0.4) is 0 Å². The van der Waals surface area contributed by atoms with Crippen LogP contribution >= 0.6 is 0 Å². The molecule has 2 heterocycles. The van der Waals surface area contributed by atoms with Crippen LogP contribution in [0.25, 0.3) is 11.5 Å². The molecule has 1 aliphatic carbocycles. The van der Waals surface area contributed by atoms with Crippen molar-refractivity contribution in [1.82, 2.24) is 19.7 Å². The largest absolute Gasteiger partial charge is 0.497 e. The molecule has 0 atom stereocenters. The minimum Gasteiger partial charge on any atom is -0.497 e. The summed E-state index contributed by atoms with van der Waals surface area (Å²) in [6, 6.07) is 5.25. The molecule has 1 aliphatic rings. The van der Waals surface area contributed by atoms with Crippen molar-refractivity contribution in [2.45, 2.75) is 52.7 Å². The van der Waals surface area contributed by atoms with E-state index in [1.54, 1.807) is 12.1 Å². The Bertz CT molecular complexity index is 1040. The van der Waals surface area contributed by atoms with Gasteiger partial charge < -0.3 is 9.15 Å². The van der Waals surface area contributed by atoms with E-state index < -0.39 is 5.82 Å². The fourth-order valence-electron chi connectivity index (χ4n) is 3.68. The monoisotopic (exact) mass is 398 g/mol. The van der Waals surface area contributed by atoms with Crippen molar-refractivity contribution in [3.8, 4) is 17.2 Å². The van der Waals surface area contributed by atoms with E-state index in [9.17, 15) is 4.39 Å². The molecule has 0 saturated heterocycles. The van der Waals surface area contributed by atoms with Crippen molar-refractivity contribution >= 4 is 0 Å². The smallest absolute Gasteiger partial charge is 0.229 e. The van der Waals surface area contributed by atoms with Gasteiger partial charge in [0.2, 0.25) is 5.89 Å². The number of aryl methyl sites for hydroxylation is 3. The van der Waals surface area contributed by atoms with Crippen LogP contribution < -0.4 is 4.74 Å². The molecular formula is C22H27FN4O2. The van der Waals surface area contributed by atoms with E-state index in [4.69, 9.17) is 9.15 Å². The predicted molar refractivity (Wildman–Crippen MR) is 108 cm³/mol. The third-order valence-electron chi connectivity index (χ3n) is 5.74. The third kappa shape index (κ3) is 3.92. The van der Waals surface area contributed by atoms with E-state index in [0.29, 0.717) is 29.8 Å². The molecule has 2 aromatic heterocycles. The van der Waals surface area contributed by atoms with Gasteiger partial charge in [-0.1, -0.05) is 0 Å². The standard InChI is InChI=1S/C22H27FN4O2/c1-13-19(14(2)26(4)25-13)11-27(16-6-7-16)12-21-15(3)29-22(24-21)18-9-8-17(28-5)10-20(18)23/h8-10,16H,6-7,11-12H2,1-5H3. The molecule has 0 N–H and O–H groups in total. The van der Waals surface area contributed by atoms with E-state index in [0.717, 1.165) is 23.7 Å². The number of aromatic nitrogens is 3. The zero-order chi connectivity index (χ0) is 20.7. The second kappa shape index (κ2) is 7.63. The second-order valence-corrected chi connectivity index (χ2v) is 7.78. The van der Waals surface area contributed by atoms with Crippen molar-refractivity contribution < 1.29 is 13.5 Å². The number of ether oxygens (including phenoxy) is 1. The predicted octanol–water partition coefficient (Wildman–Crippen LogP) is 4.31. The van der Waals surface area contributed by atoms with Crippen LogP contribution in [0.5, 0.6) is 5.75 Å². The molecule has 29 heavy (non-hydrogen) atoms. The maximum absolute atomic E-state index is 14.4. The molecule has 154 valence electrons. The Morgan fingerprint density at radius 3 is 2.59 bits per heavy atom. The number of methoxy groups -OCH3 is 1. The van der Waals surface area contributed by atoms with Gasteiger partial charge in [-0.05, 0) is 45.7 Å². The van der Waals surface area contributed by atoms with Gasteiger partial charge in [-0.2, -0.15) is 5.10 Å². The Morgan fingerprint density at radius 2 is 2.00 bits per heavy atom. The van der Waals surface area contributed by atoms with Crippen molar-refractivity contribution in [3.05, 3.63) is 52.4 Å². The molecule has 0 aliphatic heterocycles. The number of hydrogen-bond donors (Lipinski definition) is 0. The summed E-state index contributed by atoms with van der Waals surface area (Å²) in [4.78, 5) is 7.05. The summed E-state index contributed by atoms with van der Waals surface area (Å²) < 4.78 is 27.3. The number of benzene rings is 1. The molecule has 6 nitrogen and oxygen atoms in total. The highest BCUT2D eigenvalue weighted by Crippen LogP contribution is 2.33. The van der Waals surface area contributed by atoms with Gasteiger partial charge in [0, 0.05) is 43.5 Å². The molecule has 0 bridgehead atoms. The Kier molecular flexibility index (Phi) is 5.17. The molecule has 0 amide bonds. The lowest BCUT2D eigenvalue weighted by Crippen LogP contribution is -2.26. The zero-order valence-electron chi connectivity index (χ0n) is 17.6. The first-order valence-electron chi connectivity index (χ1n) is 9.90. The molecule has 1 aromatic carbocycles. The van der Waals surface area contributed by atoms with Gasteiger partial charge in [0.05, 0.1) is 24.1 Å². The van der Waals surface area contributed by atoms with E-state index in [2.05, 4.69) is 28.8 Å². The highest BCUT2D eigenvalue weighted by atomic mass is 19.1. The summed E-state index contributed by atoms with van der Waals surface area (Å²) >= 11 is 0. The number of oxazole rings is 1. The maximum Gasteiger partial charge on any atom is 0.229 e. The third-order valence-corrected chi connectivity index (χ3v) is 5.74. The molecule has 0 unspecified atom stereocenters. The van der Waals surface area contributed by atoms with Crippen LogP contribution in [0.2, 0.25) is 0 Å². The number of rotatable bonds is 7. The number of halogens is 1. The highest BCUT2D eigenvalue weighted by Gasteiger charge is 2.31. The minimum atomic E-state index is -0.405. The summed E-state index contributed by atoms with van der Waals surface area (Å²) in [5.41, 5.74) is 4.71. The molecule has 1 saturated carbocycles. The zero-order valence-corrected chi connectivity index (χ0v) is 17.6. The normalized spacial score (nSPS) is 14.0. The fraction of sp³-hybridized carbons (Fsp3) is 0.455. The molecule has 0 radical (unpaired) electrons. The van der Waals surface area contributed by atoms with Gasteiger partial charge in [0.25, 0.3) is 0 Å². The van der Waals surface area contributed by atoms with E-state index >= 15 is 0 Å². The summed E-state index contributed by atoms with van der Waals surface area (Å²) in [5, 5.41) is 4.54. The first-order valence-corrected chi connectivity index (χ1v) is 9.90. The van der Waals surface area contributed by atoms with Gasteiger partial charge in [0.1, 0.15) is 17.3 Å². The lowest BCUT2D eigenvalue weighted by atomic mass is 10.1. The first-order chi connectivity index (χ1) is 13.9. The number of nitrogens with zero attached hydrogens (tertiary/aromatic N) is 4. The molecule has 0 spiro atoms.